The van der Waals surface area contributed by atoms with Gasteiger partial charge in [-0.15, -0.1) is 0 Å². The lowest BCUT2D eigenvalue weighted by atomic mass is 10.1. The van der Waals surface area contributed by atoms with Gasteiger partial charge >= 0.3 is 0 Å². The van der Waals surface area contributed by atoms with Gasteiger partial charge in [0.1, 0.15) is 12.4 Å². The molecule has 1 fully saturated rings. The molecule has 1 N–H and O–H groups in total. The van der Waals surface area contributed by atoms with Crippen LogP contribution in [0.25, 0.3) is 0 Å². The van der Waals surface area contributed by atoms with E-state index in [4.69, 9.17) is 9.47 Å². The number of para-hydroxylation sites is 2. The third kappa shape index (κ3) is 5.23. The summed E-state index contributed by atoms with van der Waals surface area (Å²) < 4.78 is 13.5. The molecule has 3 aromatic rings. The number of ether oxygens (including phenoxy) is 2. The van der Waals surface area contributed by atoms with Gasteiger partial charge < -0.3 is 14.8 Å². The average molecular weight is 391 g/mol. The molecular formula is C23H25N3O3. The molecule has 1 aromatic heterocycles. The molecule has 0 radical (unpaired) electrons. The molecule has 29 heavy (non-hydrogen) atoms. The number of anilines is 1. The second-order valence-corrected chi connectivity index (χ2v) is 7.15. The van der Waals surface area contributed by atoms with Crippen LogP contribution in [-0.4, -0.2) is 35.0 Å². The van der Waals surface area contributed by atoms with Crippen molar-refractivity contribution < 1.29 is 14.3 Å². The lowest BCUT2D eigenvalue weighted by Crippen LogP contribution is -2.26. The van der Waals surface area contributed by atoms with Gasteiger partial charge in [-0.1, -0.05) is 24.3 Å². The van der Waals surface area contributed by atoms with Crippen LogP contribution in [0.4, 0.5) is 5.69 Å². The highest BCUT2D eigenvalue weighted by Gasteiger charge is 2.16. The Labute approximate surface area is 170 Å². The Morgan fingerprint density at radius 1 is 1.17 bits per heavy atom. The third-order valence-electron chi connectivity index (χ3n) is 4.93. The van der Waals surface area contributed by atoms with Crippen LogP contribution in [0.15, 0.2) is 67.0 Å². The SMILES string of the molecule is O=C(Nc1ccccc1OCC1CCCCO1)c1cccc(Cn2cccn2)c1. The van der Waals surface area contributed by atoms with Gasteiger partial charge in [-0.05, 0) is 55.2 Å². The molecule has 0 bridgehead atoms. The zero-order valence-corrected chi connectivity index (χ0v) is 16.3. The predicted molar refractivity (Wildman–Crippen MR) is 111 cm³/mol. The number of nitrogens with one attached hydrogen (secondary N) is 1. The minimum atomic E-state index is -0.169. The summed E-state index contributed by atoms with van der Waals surface area (Å²) >= 11 is 0. The summed E-state index contributed by atoms with van der Waals surface area (Å²) in [4.78, 5) is 12.8. The van der Waals surface area contributed by atoms with Crippen molar-refractivity contribution in [3.8, 4) is 5.75 Å². The molecule has 2 aromatic carbocycles. The van der Waals surface area contributed by atoms with Crippen molar-refractivity contribution in [2.75, 3.05) is 18.5 Å². The van der Waals surface area contributed by atoms with Gasteiger partial charge in [0.2, 0.25) is 0 Å². The number of aromatic nitrogens is 2. The van der Waals surface area contributed by atoms with E-state index in [0.717, 1.165) is 25.0 Å². The van der Waals surface area contributed by atoms with E-state index in [1.54, 1.807) is 12.3 Å². The van der Waals surface area contributed by atoms with E-state index in [2.05, 4.69) is 10.4 Å². The number of amides is 1. The Hall–Kier alpha value is -3.12. The van der Waals surface area contributed by atoms with Crippen LogP contribution in [-0.2, 0) is 11.3 Å². The van der Waals surface area contributed by atoms with E-state index in [-0.39, 0.29) is 12.0 Å². The molecule has 1 atom stereocenters. The Balaban J connectivity index is 1.41. The van der Waals surface area contributed by atoms with E-state index in [9.17, 15) is 4.79 Å². The number of benzene rings is 2. The fourth-order valence-corrected chi connectivity index (χ4v) is 3.40. The fourth-order valence-electron chi connectivity index (χ4n) is 3.40. The highest BCUT2D eigenvalue weighted by Crippen LogP contribution is 2.25. The summed E-state index contributed by atoms with van der Waals surface area (Å²) in [5.41, 5.74) is 2.27. The molecule has 6 nitrogen and oxygen atoms in total. The number of nitrogens with zero attached hydrogens (tertiary/aromatic N) is 2. The molecule has 1 aliphatic heterocycles. The molecule has 1 saturated heterocycles. The molecule has 1 amide bonds. The highest BCUT2D eigenvalue weighted by molar-refractivity contribution is 6.05. The Kier molecular flexibility index (Phi) is 6.22. The molecule has 6 heteroatoms. The molecular weight excluding hydrogens is 366 g/mol. The monoisotopic (exact) mass is 391 g/mol. The maximum atomic E-state index is 12.8. The van der Waals surface area contributed by atoms with E-state index in [1.807, 2.05) is 59.4 Å². The second kappa shape index (κ2) is 9.39. The van der Waals surface area contributed by atoms with Gasteiger partial charge in [0.15, 0.2) is 0 Å². The lowest BCUT2D eigenvalue weighted by molar-refractivity contribution is -0.0109. The molecule has 0 aliphatic carbocycles. The fraction of sp³-hybridized carbons (Fsp3) is 0.304. The van der Waals surface area contributed by atoms with Gasteiger partial charge in [0, 0.05) is 24.6 Å². The van der Waals surface area contributed by atoms with E-state index < -0.39 is 0 Å². The summed E-state index contributed by atoms with van der Waals surface area (Å²) in [6.07, 6.45) is 7.05. The molecule has 150 valence electrons. The Bertz CT molecular complexity index is 934. The highest BCUT2D eigenvalue weighted by atomic mass is 16.5. The van der Waals surface area contributed by atoms with Crippen molar-refractivity contribution in [3.63, 3.8) is 0 Å². The molecule has 0 saturated carbocycles. The summed E-state index contributed by atoms with van der Waals surface area (Å²) in [6.45, 7) is 1.91. The van der Waals surface area contributed by atoms with Crippen molar-refractivity contribution in [1.82, 2.24) is 9.78 Å². The van der Waals surface area contributed by atoms with Crippen LogP contribution >= 0.6 is 0 Å². The molecule has 4 rings (SSSR count). The Morgan fingerprint density at radius 2 is 2.10 bits per heavy atom. The smallest absolute Gasteiger partial charge is 0.255 e. The van der Waals surface area contributed by atoms with E-state index >= 15 is 0 Å². The van der Waals surface area contributed by atoms with Crippen LogP contribution in [0.5, 0.6) is 5.75 Å². The van der Waals surface area contributed by atoms with Crippen molar-refractivity contribution in [3.05, 3.63) is 78.1 Å². The number of rotatable bonds is 7. The van der Waals surface area contributed by atoms with Crippen molar-refractivity contribution in [1.29, 1.82) is 0 Å². The zero-order chi connectivity index (χ0) is 19.9. The first kappa shape index (κ1) is 19.2. The predicted octanol–water partition coefficient (Wildman–Crippen LogP) is 4.13. The first-order valence-corrected chi connectivity index (χ1v) is 9.99. The topological polar surface area (TPSA) is 65.4 Å². The third-order valence-corrected chi connectivity index (χ3v) is 4.93. The van der Waals surface area contributed by atoms with E-state index in [0.29, 0.717) is 30.2 Å². The van der Waals surface area contributed by atoms with Crippen LogP contribution < -0.4 is 10.1 Å². The quantitative estimate of drug-likeness (QED) is 0.658. The van der Waals surface area contributed by atoms with Crippen LogP contribution in [0.1, 0.15) is 35.2 Å². The summed E-state index contributed by atoms with van der Waals surface area (Å²) in [7, 11) is 0. The minimum absolute atomic E-state index is 0.117. The second-order valence-electron chi connectivity index (χ2n) is 7.15. The number of hydrogen-bond acceptors (Lipinski definition) is 4. The van der Waals surface area contributed by atoms with Crippen molar-refractivity contribution >= 4 is 11.6 Å². The molecule has 1 unspecified atom stereocenters. The normalized spacial score (nSPS) is 16.3. The first-order valence-electron chi connectivity index (χ1n) is 9.99. The molecule has 2 heterocycles. The van der Waals surface area contributed by atoms with E-state index in [1.165, 1.54) is 6.42 Å². The number of hydrogen-bond donors (Lipinski definition) is 1. The molecule has 0 spiro atoms. The van der Waals surface area contributed by atoms with Gasteiger partial charge in [0.25, 0.3) is 5.91 Å². The summed E-state index contributed by atoms with van der Waals surface area (Å²) in [5.74, 6) is 0.486. The lowest BCUT2D eigenvalue weighted by Gasteiger charge is -2.23. The van der Waals surface area contributed by atoms with Gasteiger partial charge in [-0.2, -0.15) is 5.10 Å². The van der Waals surface area contributed by atoms with Gasteiger partial charge in [0.05, 0.1) is 18.3 Å². The van der Waals surface area contributed by atoms with Crippen LogP contribution in [0.3, 0.4) is 0 Å². The van der Waals surface area contributed by atoms with Crippen molar-refractivity contribution in [2.45, 2.75) is 31.9 Å². The number of carbonyl (C=O) groups is 1. The van der Waals surface area contributed by atoms with Crippen LogP contribution in [0.2, 0.25) is 0 Å². The van der Waals surface area contributed by atoms with Crippen molar-refractivity contribution in [2.24, 2.45) is 0 Å². The molecule has 1 aliphatic rings. The maximum Gasteiger partial charge on any atom is 0.255 e. The first-order chi connectivity index (χ1) is 14.3. The standard InChI is InChI=1S/C23H25N3O3/c27-23(19-8-5-7-18(15-19)16-26-13-6-12-24-26)25-21-10-1-2-11-22(21)29-17-20-9-3-4-14-28-20/h1-2,5-8,10-13,15,20H,3-4,9,14,16-17H2,(H,25,27). The summed E-state index contributed by atoms with van der Waals surface area (Å²) in [5, 5.41) is 7.19. The average Bonchev–Trinajstić information content (AvgIpc) is 3.27. The maximum absolute atomic E-state index is 12.8. The minimum Gasteiger partial charge on any atom is -0.489 e. The zero-order valence-electron chi connectivity index (χ0n) is 16.3. The Morgan fingerprint density at radius 3 is 2.93 bits per heavy atom. The summed E-state index contributed by atoms with van der Waals surface area (Å²) in [6, 6.07) is 16.9. The number of carbonyl (C=O) groups excluding carboxylic acids is 1. The van der Waals surface area contributed by atoms with Gasteiger partial charge in [-0.3, -0.25) is 9.48 Å². The van der Waals surface area contributed by atoms with Gasteiger partial charge in [-0.25, -0.2) is 0 Å². The van der Waals surface area contributed by atoms with Crippen LogP contribution in [0, 0.1) is 0 Å². The largest absolute Gasteiger partial charge is 0.489 e.